The van der Waals surface area contributed by atoms with Gasteiger partial charge in [0.15, 0.2) is 6.10 Å². The molecule has 0 spiro atoms. The van der Waals surface area contributed by atoms with E-state index in [1.807, 2.05) is 0 Å². The lowest BCUT2D eigenvalue weighted by atomic mass is 10.1. The first kappa shape index (κ1) is 13.3. The zero-order valence-electron chi connectivity index (χ0n) is 8.52. The molecular weight excluding hydrogens is 257 g/mol. The summed E-state index contributed by atoms with van der Waals surface area (Å²) in [6, 6.07) is 1.35. The molecule has 1 unspecified atom stereocenters. The Kier molecular flexibility index (Phi) is 3.97. The lowest BCUT2D eigenvalue weighted by Gasteiger charge is -2.10. The van der Waals surface area contributed by atoms with Crippen LogP contribution in [0.4, 0.5) is 10.1 Å². The van der Waals surface area contributed by atoms with Crippen molar-refractivity contribution >= 4 is 23.3 Å². The Morgan fingerprint density at radius 3 is 2.71 bits per heavy atom. The van der Waals surface area contributed by atoms with Crippen molar-refractivity contribution in [2.75, 3.05) is 7.11 Å². The molecule has 92 valence electrons. The number of nitro benzene ring substituents is 1. The minimum atomic E-state index is -1.80. The number of hydrogen-bond acceptors (Lipinski definition) is 5. The molecule has 0 aliphatic heterocycles. The maximum absolute atomic E-state index is 13.1. The number of esters is 1. The third kappa shape index (κ3) is 2.69. The monoisotopic (exact) mass is 263 g/mol. The molecule has 17 heavy (non-hydrogen) atoms. The molecule has 1 aromatic carbocycles. The average Bonchev–Trinajstić information content (AvgIpc) is 2.26. The van der Waals surface area contributed by atoms with Gasteiger partial charge < -0.3 is 9.84 Å². The first-order valence-corrected chi connectivity index (χ1v) is 4.65. The van der Waals surface area contributed by atoms with Gasteiger partial charge in [-0.15, -0.1) is 0 Å². The number of hydrogen-bond donors (Lipinski definition) is 1. The van der Waals surface area contributed by atoms with Gasteiger partial charge in [0.2, 0.25) is 5.82 Å². The molecule has 0 saturated carbocycles. The number of aliphatic hydroxyl groups excluding tert-OH is 1. The van der Waals surface area contributed by atoms with Crippen LogP contribution in [-0.2, 0) is 9.53 Å². The molecule has 1 N–H and O–H groups in total. The molecular formula is C9H7ClFNO5. The Balaban J connectivity index is 3.29. The van der Waals surface area contributed by atoms with Crippen molar-refractivity contribution in [2.24, 2.45) is 0 Å². The number of rotatable bonds is 3. The highest BCUT2D eigenvalue weighted by Crippen LogP contribution is 2.30. The third-order valence-corrected chi connectivity index (χ3v) is 2.31. The maximum atomic E-state index is 13.1. The van der Waals surface area contributed by atoms with E-state index in [0.717, 1.165) is 7.11 Å². The molecule has 1 aromatic rings. The molecule has 0 aromatic heterocycles. The molecule has 0 saturated heterocycles. The van der Waals surface area contributed by atoms with Crippen molar-refractivity contribution in [3.05, 3.63) is 38.7 Å². The second-order valence-corrected chi connectivity index (χ2v) is 3.42. The summed E-state index contributed by atoms with van der Waals surface area (Å²) in [5, 5.41) is 19.6. The molecule has 1 rings (SSSR count). The van der Waals surface area contributed by atoms with Crippen LogP contribution in [0.2, 0.25) is 5.02 Å². The van der Waals surface area contributed by atoms with Gasteiger partial charge in [0.1, 0.15) is 0 Å². The van der Waals surface area contributed by atoms with E-state index in [1.54, 1.807) is 0 Å². The van der Waals surface area contributed by atoms with Crippen LogP contribution < -0.4 is 0 Å². The summed E-state index contributed by atoms with van der Waals surface area (Å²) in [5.41, 5.74) is -1.17. The minimum Gasteiger partial charge on any atom is -0.467 e. The Bertz CT molecular complexity index is 479. The van der Waals surface area contributed by atoms with E-state index in [-0.39, 0.29) is 10.6 Å². The molecule has 0 aliphatic rings. The van der Waals surface area contributed by atoms with Gasteiger partial charge in [0.25, 0.3) is 0 Å². The van der Waals surface area contributed by atoms with Crippen LogP contribution in [0.3, 0.4) is 0 Å². The quantitative estimate of drug-likeness (QED) is 0.508. The van der Waals surface area contributed by atoms with Crippen LogP contribution in [0.25, 0.3) is 0 Å². The molecule has 6 nitrogen and oxygen atoms in total. The van der Waals surface area contributed by atoms with Gasteiger partial charge in [-0.05, 0) is 6.07 Å². The summed E-state index contributed by atoms with van der Waals surface area (Å²) in [6.45, 7) is 0. The Labute approximate surface area is 99.7 Å². The van der Waals surface area contributed by atoms with Crippen molar-refractivity contribution < 1.29 is 24.0 Å². The number of halogens is 2. The Morgan fingerprint density at radius 1 is 1.65 bits per heavy atom. The number of carbonyl (C=O) groups excluding carboxylic acids is 1. The van der Waals surface area contributed by atoms with Crippen molar-refractivity contribution in [1.29, 1.82) is 0 Å². The summed E-state index contributed by atoms with van der Waals surface area (Å²) in [4.78, 5) is 20.5. The van der Waals surface area contributed by atoms with Crippen molar-refractivity contribution in [2.45, 2.75) is 6.10 Å². The number of benzene rings is 1. The first-order valence-electron chi connectivity index (χ1n) is 4.27. The normalized spacial score (nSPS) is 12.0. The predicted octanol–water partition coefficient (Wildman–Crippen LogP) is 1.59. The topological polar surface area (TPSA) is 89.7 Å². The average molecular weight is 264 g/mol. The zero-order valence-corrected chi connectivity index (χ0v) is 9.27. The fourth-order valence-electron chi connectivity index (χ4n) is 1.14. The fourth-order valence-corrected chi connectivity index (χ4v) is 1.40. The van der Waals surface area contributed by atoms with E-state index in [0.29, 0.717) is 12.1 Å². The van der Waals surface area contributed by atoms with E-state index in [2.05, 4.69) is 4.74 Å². The number of nitrogens with zero attached hydrogens (tertiary/aromatic N) is 1. The molecule has 0 bridgehead atoms. The number of aliphatic hydroxyl groups is 1. The Morgan fingerprint density at radius 2 is 2.24 bits per heavy atom. The summed E-state index contributed by atoms with van der Waals surface area (Å²) in [5.74, 6) is -2.20. The molecule has 1 atom stereocenters. The van der Waals surface area contributed by atoms with Crippen molar-refractivity contribution in [3.8, 4) is 0 Å². The van der Waals surface area contributed by atoms with Gasteiger partial charge in [-0.2, -0.15) is 4.39 Å². The van der Waals surface area contributed by atoms with E-state index in [4.69, 9.17) is 11.6 Å². The highest BCUT2D eigenvalue weighted by molar-refractivity contribution is 6.31. The molecule has 0 aliphatic carbocycles. The van der Waals surface area contributed by atoms with Crippen molar-refractivity contribution in [1.82, 2.24) is 0 Å². The van der Waals surface area contributed by atoms with Crippen molar-refractivity contribution in [3.63, 3.8) is 0 Å². The summed E-state index contributed by atoms with van der Waals surface area (Å²) in [7, 11) is 1.03. The molecule has 8 heteroatoms. The number of ether oxygens (including phenoxy) is 1. The van der Waals surface area contributed by atoms with Gasteiger partial charge >= 0.3 is 11.7 Å². The fraction of sp³-hybridized carbons (Fsp3) is 0.222. The summed E-state index contributed by atoms with van der Waals surface area (Å²) in [6.07, 6.45) is -1.80. The van der Waals surface area contributed by atoms with Gasteiger partial charge in [-0.3, -0.25) is 10.1 Å². The van der Waals surface area contributed by atoms with Gasteiger partial charge in [0, 0.05) is 11.6 Å². The highest BCUT2D eigenvalue weighted by atomic mass is 35.5. The van der Waals surface area contributed by atoms with E-state index >= 15 is 0 Å². The highest BCUT2D eigenvalue weighted by Gasteiger charge is 2.26. The lowest BCUT2D eigenvalue weighted by Crippen LogP contribution is -2.14. The molecule has 0 radical (unpaired) electrons. The molecule has 0 heterocycles. The SMILES string of the molecule is COC(=O)C(O)c1cc([N+](=O)[O-])c(F)cc1Cl. The maximum Gasteiger partial charge on any atom is 0.339 e. The van der Waals surface area contributed by atoms with Crippen LogP contribution >= 0.6 is 11.6 Å². The second kappa shape index (κ2) is 5.07. The van der Waals surface area contributed by atoms with E-state index in [1.165, 1.54) is 0 Å². The van der Waals surface area contributed by atoms with Crippen LogP contribution in [-0.4, -0.2) is 23.1 Å². The largest absolute Gasteiger partial charge is 0.467 e. The summed E-state index contributed by atoms with van der Waals surface area (Å²) >= 11 is 5.57. The molecule has 0 amide bonds. The Hall–Kier alpha value is -1.73. The van der Waals surface area contributed by atoms with E-state index in [9.17, 15) is 24.4 Å². The van der Waals surface area contributed by atoms with Crippen LogP contribution in [0, 0.1) is 15.9 Å². The molecule has 0 fully saturated rings. The lowest BCUT2D eigenvalue weighted by molar-refractivity contribution is -0.387. The van der Waals surface area contributed by atoms with Gasteiger partial charge in [0.05, 0.1) is 17.1 Å². The zero-order chi connectivity index (χ0) is 13.2. The van der Waals surface area contributed by atoms with Crippen LogP contribution in [0.15, 0.2) is 12.1 Å². The standard InChI is InChI=1S/C9H7ClFNO5/c1-17-9(14)8(13)4-2-7(12(15)16)6(11)3-5(4)10/h2-3,8,13H,1H3. The third-order valence-electron chi connectivity index (χ3n) is 1.98. The number of methoxy groups -OCH3 is 1. The smallest absolute Gasteiger partial charge is 0.339 e. The minimum absolute atomic E-state index is 0.286. The summed E-state index contributed by atoms with van der Waals surface area (Å²) < 4.78 is 17.3. The number of carbonyl (C=O) groups is 1. The van der Waals surface area contributed by atoms with Gasteiger partial charge in [-0.1, -0.05) is 11.6 Å². The van der Waals surface area contributed by atoms with E-state index < -0.39 is 28.5 Å². The van der Waals surface area contributed by atoms with Crippen LogP contribution in [0.5, 0.6) is 0 Å². The predicted molar refractivity (Wildman–Crippen MR) is 55.0 cm³/mol. The first-order chi connectivity index (χ1) is 7.88. The van der Waals surface area contributed by atoms with Crippen LogP contribution in [0.1, 0.15) is 11.7 Å². The number of nitro groups is 1. The van der Waals surface area contributed by atoms with Gasteiger partial charge in [-0.25, -0.2) is 4.79 Å². The second-order valence-electron chi connectivity index (χ2n) is 3.01.